The second-order valence-electron chi connectivity index (χ2n) is 10.2. The highest BCUT2D eigenvalue weighted by Crippen LogP contribution is 2.24. The molecule has 0 aromatic heterocycles. The van der Waals surface area contributed by atoms with Crippen molar-refractivity contribution in [2.45, 2.75) is 0 Å². The number of benzene rings is 6. The lowest BCUT2D eigenvalue weighted by Crippen LogP contribution is -2.74. The van der Waals surface area contributed by atoms with E-state index in [-0.39, 0.29) is 0 Å². The summed E-state index contributed by atoms with van der Waals surface area (Å²) in [6.07, 6.45) is 0. The summed E-state index contributed by atoms with van der Waals surface area (Å²) in [5.74, 6) is -4.30. The minimum absolute atomic E-state index is 0.347. The number of hydrogen-bond donors (Lipinski definition) is 0. The first-order valence-electron chi connectivity index (χ1n) is 13.4. The Kier molecular flexibility index (Phi) is 7.50. The first-order chi connectivity index (χ1) is 20.7. The van der Waals surface area contributed by atoms with Gasteiger partial charge in [0.25, 0.3) is 0 Å². The van der Waals surface area contributed by atoms with Crippen LogP contribution in [0, 0.1) is 34.9 Å². The van der Waals surface area contributed by atoms with Crippen molar-refractivity contribution in [1.29, 1.82) is 0 Å². The zero-order valence-corrected chi connectivity index (χ0v) is 23.5. The first kappa shape index (κ1) is 28.2. The Morgan fingerprint density at radius 2 is 0.605 bits per heavy atom. The molecule has 6 aromatic rings. The Morgan fingerprint density at radius 1 is 0.279 bits per heavy atom. The smallest absolute Gasteiger partial charge is 0.179 e. The normalized spacial score (nSPS) is 11.5. The van der Waals surface area contributed by atoms with Crippen LogP contribution in [0.2, 0.25) is 0 Å². The van der Waals surface area contributed by atoms with Crippen molar-refractivity contribution in [2.75, 3.05) is 0 Å². The Labute approximate surface area is 245 Å². The Balaban J connectivity index is 1.60. The van der Waals surface area contributed by atoms with Crippen molar-refractivity contribution < 1.29 is 26.3 Å². The topological polar surface area (TPSA) is 0 Å². The highest BCUT2D eigenvalue weighted by molar-refractivity contribution is 7.19. The van der Waals surface area contributed by atoms with Gasteiger partial charge in [0, 0.05) is 18.2 Å². The van der Waals surface area contributed by atoms with Crippen LogP contribution in [0.25, 0.3) is 22.3 Å². The third-order valence-electron chi connectivity index (χ3n) is 7.53. The van der Waals surface area contributed by atoms with Gasteiger partial charge in [-0.2, -0.15) is 0 Å². The molecule has 0 atom stereocenters. The Morgan fingerprint density at radius 3 is 0.977 bits per heavy atom. The molecule has 0 fully saturated rings. The van der Waals surface area contributed by atoms with Crippen LogP contribution in [-0.2, 0) is 0 Å². The van der Waals surface area contributed by atoms with Gasteiger partial charge in [-0.1, -0.05) is 78.9 Å². The maximum absolute atomic E-state index is 14.9. The van der Waals surface area contributed by atoms with Gasteiger partial charge < -0.3 is 0 Å². The Bertz CT molecular complexity index is 1760. The maximum Gasteiger partial charge on any atom is 0.179 e. The highest BCUT2D eigenvalue weighted by Gasteiger charge is 2.42. The van der Waals surface area contributed by atoms with Crippen LogP contribution in [0.4, 0.5) is 26.3 Å². The van der Waals surface area contributed by atoms with Gasteiger partial charge in [-0.25, -0.2) is 26.3 Å². The van der Waals surface area contributed by atoms with Gasteiger partial charge in [0.1, 0.15) is 34.9 Å². The summed E-state index contributed by atoms with van der Waals surface area (Å²) in [7, 11) is -3.43. The van der Waals surface area contributed by atoms with Crippen LogP contribution in [0.5, 0.6) is 0 Å². The maximum atomic E-state index is 14.9. The molecule has 0 aliphatic heterocycles. The summed E-state index contributed by atoms with van der Waals surface area (Å²) in [6, 6.07) is 33.5. The van der Waals surface area contributed by atoms with Gasteiger partial charge in [0.2, 0.25) is 0 Å². The van der Waals surface area contributed by atoms with Gasteiger partial charge >= 0.3 is 0 Å². The standard InChI is InChI=1S/C36H22F6Si/c37-27-14-25(15-28(38)18-27)23-6-10-34(11-7-23)43(33-4-2-1-3-5-33,36-21-31(41)20-32(42)22-36)35-12-8-24(9-13-35)26-16-29(39)19-30(40)17-26/h1-22H. The van der Waals surface area contributed by atoms with Crippen molar-refractivity contribution in [3.05, 3.63) is 168 Å². The average Bonchev–Trinajstić information content (AvgIpc) is 2.97. The van der Waals surface area contributed by atoms with Crippen molar-refractivity contribution in [2.24, 2.45) is 0 Å². The summed E-state index contributed by atoms with van der Waals surface area (Å²) in [6.45, 7) is 0. The van der Waals surface area contributed by atoms with Gasteiger partial charge in [-0.05, 0) is 79.4 Å². The van der Waals surface area contributed by atoms with E-state index in [2.05, 4.69) is 0 Å². The van der Waals surface area contributed by atoms with Gasteiger partial charge in [-0.15, -0.1) is 0 Å². The molecule has 0 amide bonds. The molecule has 0 saturated heterocycles. The van der Waals surface area contributed by atoms with Crippen molar-refractivity contribution in [3.8, 4) is 22.3 Å². The molecule has 0 aliphatic rings. The lowest BCUT2D eigenvalue weighted by atomic mass is 10.1. The predicted octanol–water partition coefficient (Wildman–Crippen LogP) is 7.23. The number of halogens is 6. The quantitative estimate of drug-likeness (QED) is 0.108. The minimum atomic E-state index is -3.43. The van der Waals surface area contributed by atoms with E-state index in [9.17, 15) is 26.3 Å². The van der Waals surface area contributed by atoms with Crippen LogP contribution in [0.3, 0.4) is 0 Å². The van der Waals surface area contributed by atoms with E-state index < -0.39 is 43.0 Å². The summed E-state index contributed by atoms with van der Waals surface area (Å²) >= 11 is 0. The molecule has 0 nitrogen and oxygen atoms in total. The lowest BCUT2D eigenvalue weighted by Gasteiger charge is -2.34. The summed E-state index contributed by atoms with van der Waals surface area (Å²) in [5, 5.41) is 2.78. The number of rotatable bonds is 6. The van der Waals surface area contributed by atoms with Crippen molar-refractivity contribution in [1.82, 2.24) is 0 Å². The number of hydrogen-bond acceptors (Lipinski definition) is 0. The van der Waals surface area contributed by atoms with E-state index >= 15 is 0 Å². The molecule has 7 heteroatoms. The van der Waals surface area contributed by atoms with E-state index in [0.717, 1.165) is 33.8 Å². The van der Waals surface area contributed by atoms with Crippen LogP contribution in [0.1, 0.15) is 0 Å². The fourth-order valence-electron chi connectivity index (χ4n) is 5.72. The zero-order valence-electron chi connectivity index (χ0n) is 22.5. The summed E-state index contributed by atoms with van der Waals surface area (Å²) in [5.41, 5.74) is 1.82. The van der Waals surface area contributed by atoms with E-state index in [0.29, 0.717) is 27.4 Å². The second-order valence-corrected chi connectivity index (χ2v) is 14.1. The second kappa shape index (κ2) is 11.4. The molecule has 0 aliphatic carbocycles. The molecular weight excluding hydrogens is 574 g/mol. The lowest BCUT2D eigenvalue weighted by molar-refractivity contribution is 0.583. The molecule has 0 unspecified atom stereocenters. The van der Waals surface area contributed by atoms with E-state index in [1.165, 1.54) is 36.4 Å². The van der Waals surface area contributed by atoms with Crippen LogP contribution in [-0.4, -0.2) is 8.07 Å². The molecule has 212 valence electrons. The SMILES string of the molecule is Fc1cc(F)cc(-c2ccc([Si](c3ccccc3)(c3ccc(-c4cc(F)cc(F)c4)cc3)c3cc(F)cc(F)c3)cc2)c1. The monoisotopic (exact) mass is 596 g/mol. The molecular formula is C36H22F6Si. The van der Waals surface area contributed by atoms with Gasteiger partial charge in [-0.3, -0.25) is 0 Å². The van der Waals surface area contributed by atoms with Crippen LogP contribution >= 0.6 is 0 Å². The molecule has 0 saturated carbocycles. The van der Waals surface area contributed by atoms with Crippen molar-refractivity contribution in [3.63, 3.8) is 0 Å². The van der Waals surface area contributed by atoms with E-state index in [1.54, 1.807) is 24.3 Å². The summed E-state index contributed by atoms with van der Waals surface area (Å²) < 4.78 is 85.6. The van der Waals surface area contributed by atoms with Crippen LogP contribution < -0.4 is 20.7 Å². The Hall–Kier alpha value is -4.88. The third kappa shape index (κ3) is 5.51. The van der Waals surface area contributed by atoms with Gasteiger partial charge in [0.05, 0.1) is 0 Å². The molecule has 0 radical (unpaired) electrons. The molecule has 0 N–H and O–H groups in total. The third-order valence-corrected chi connectivity index (χ3v) is 12.3. The highest BCUT2D eigenvalue weighted by atomic mass is 28.3. The first-order valence-corrected chi connectivity index (χ1v) is 15.4. The molecule has 6 aromatic carbocycles. The fraction of sp³-hybridized carbons (Fsp3) is 0. The molecule has 0 heterocycles. The predicted molar refractivity (Wildman–Crippen MR) is 161 cm³/mol. The summed E-state index contributed by atoms with van der Waals surface area (Å²) in [4.78, 5) is 0. The van der Waals surface area contributed by atoms with Crippen LogP contribution in [0.15, 0.2) is 133 Å². The van der Waals surface area contributed by atoms with E-state index in [1.807, 2.05) is 54.6 Å². The largest absolute Gasteiger partial charge is 0.207 e. The zero-order chi connectivity index (χ0) is 30.1. The fourth-order valence-corrected chi connectivity index (χ4v) is 10.5. The van der Waals surface area contributed by atoms with E-state index in [4.69, 9.17) is 0 Å². The molecule has 6 rings (SSSR count). The minimum Gasteiger partial charge on any atom is -0.207 e. The average molecular weight is 597 g/mol. The molecule has 0 spiro atoms. The molecule has 43 heavy (non-hydrogen) atoms. The molecule has 0 bridgehead atoms. The van der Waals surface area contributed by atoms with Crippen molar-refractivity contribution >= 4 is 28.8 Å². The van der Waals surface area contributed by atoms with Gasteiger partial charge in [0.15, 0.2) is 8.07 Å².